The number of amides is 1. The Bertz CT molecular complexity index is 254. The number of carbonyl (C=O) groups is 2. The molecule has 15 heavy (non-hydrogen) atoms. The molecule has 0 saturated carbocycles. The van der Waals surface area contributed by atoms with Crippen molar-refractivity contribution in [2.24, 2.45) is 0 Å². The fourth-order valence-corrected chi connectivity index (χ4v) is 0.792. The Balaban J connectivity index is 4.11. The number of carboxylic acid groups (broad SMARTS) is 1. The van der Waals surface area contributed by atoms with Gasteiger partial charge in [-0.05, 0) is 34.6 Å². The summed E-state index contributed by atoms with van der Waals surface area (Å²) in [6.07, 6.45) is 0. The van der Waals surface area contributed by atoms with Crippen molar-refractivity contribution in [2.45, 2.75) is 45.7 Å². The van der Waals surface area contributed by atoms with E-state index in [4.69, 9.17) is 5.11 Å². The van der Waals surface area contributed by atoms with Crippen LogP contribution in [0.3, 0.4) is 0 Å². The topological polar surface area (TPSA) is 78.4 Å². The summed E-state index contributed by atoms with van der Waals surface area (Å²) in [5.41, 5.74) is -1.39. The summed E-state index contributed by atoms with van der Waals surface area (Å²) in [6, 6.07) is 0. The lowest BCUT2D eigenvalue weighted by molar-refractivity contribution is -0.145. The Hall–Kier alpha value is -1.10. The van der Waals surface area contributed by atoms with Crippen LogP contribution in [0.1, 0.15) is 34.6 Å². The highest BCUT2D eigenvalue weighted by Gasteiger charge is 2.28. The summed E-state index contributed by atoms with van der Waals surface area (Å²) >= 11 is 0. The zero-order valence-corrected chi connectivity index (χ0v) is 9.97. The molecule has 0 unspecified atom stereocenters. The van der Waals surface area contributed by atoms with Crippen molar-refractivity contribution in [3.05, 3.63) is 0 Å². The second-order valence-electron chi connectivity index (χ2n) is 5.08. The molecule has 0 aromatic carbocycles. The molecule has 88 valence electrons. The fraction of sp³-hybridized carbons (Fsp3) is 0.800. The van der Waals surface area contributed by atoms with Crippen molar-refractivity contribution < 1.29 is 14.7 Å². The Morgan fingerprint density at radius 1 is 1.13 bits per heavy atom. The van der Waals surface area contributed by atoms with E-state index in [-0.39, 0.29) is 18.0 Å². The van der Waals surface area contributed by atoms with Crippen LogP contribution in [0.5, 0.6) is 0 Å². The van der Waals surface area contributed by atoms with Crippen molar-refractivity contribution in [3.8, 4) is 0 Å². The molecule has 3 N–H and O–H groups in total. The maximum Gasteiger partial charge on any atom is 0.328 e. The van der Waals surface area contributed by atoms with Gasteiger partial charge in [-0.3, -0.25) is 4.79 Å². The molecule has 0 fully saturated rings. The van der Waals surface area contributed by atoms with Gasteiger partial charge in [0.15, 0.2) is 0 Å². The highest BCUT2D eigenvalue weighted by atomic mass is 16.4. The van der Waals surface area contributed by atoms with E-state index < -0.39 is 11.5 Å². The monoisotopic (exact) mass is 216 g/mol. The zero-order chi connectivity index (χ0) is 12.3. The van der Waals surface area contributed by atoms with Crippen LogP contribution in [-0.4, -0.2) is 34.6 Å². The molecule has 0 rings (SSSR count). The number of carboxylic acids is 1. The van der Waals surface area contributed by atoms with E-state index in [2.05, 4.69) is 10.6 Å². The molecule has 0 spiro atoms. The average Bonchev–Trinajstić information content (AvgIpc) is 1.98. The van der Waals surface area contributed by atoms with Gasteiger partial charge in [0.25, 0.3) is 0 Å². The van der Waals surface area contributed by atoms with Crippen LogP contribution < -0.4 is 10.6 Å². The van der Waals surface area contributed by atoms with Gasteiger partial charge in [-0.1, -0.05) is 0 Å². The molecule has 0 aromatic rings. The minimum absolute atomic E-state index is 0.111. The first-order chi connectivity index (χ1) is 6.54. The number of hydrogen-bond acceptors (Lipinski definition) is 3. The summed E-state index contributed by atoms with van der Waals surface area (Å²) in [7, 11) is 0. The highest BCUT2D eigenvalue weighted by Crippen LogP contribution is 2.02. The third-order valence-electron chi connectivity index (χ3n) is 1.77. The number of rotatable bonds is 4. The van der Waals surface area contributed by atoms with Crippen LogP contribution in [0.15, 0.2) is 0 Å². The summed E-state index contributed by atoms with van der Waals surface area (Å²) in [5.74, 6) is -1.37. The quantitative estimate of drug-likeness (QED) is 0.633. The van der Waals surface area contributed by atoms with Crippen molar-refractivity contribution >= 4 is 11.9 Å². The van der Waals surface area contributed by atoms with Crippen molar-refractivity contribution in [1.82, 2.24) is 10.6 Å². The minimum atomic E-state index is -1.23. The molecule has 5 heteroatoms. The van der Waals surface area contributed by atoms with Gasteiger partial charge in [-0.2, -0.15) is 0 Å². The van der Waals surface area contributed by atoms with E-state index >= 15 is 0 Å². The Morgan fingerprint density at radius 3 is 1.93 bits per heavy atom. The minimum Gasteiger partial charge on any atom is -0.480 e. The lowest BCUT2D eigenvalue weighted by atomic mass is 10.1. The van der Waals surface area contributed by atoms with E-state index in [9.17, 15) is 9.59 Å². The van der Waals surface area contributed by atoms with Crippen molar-refractivity contribution in [2.75, 3.05) is 6.54 Å². The first-order valence-corrected chi connectivity index (χ1v) is 4.84. The third kappa shape index (κ3) is 6.06. The molecule has 5 nitrogen and oxygen atoms in total. The second-order valence-corrected chi connectivity index (χ2v) is 5.08. The van der Waals surface area contributed by atoms with Crippen LogP contribution in [0, 0.1) is 0 Å². The normalized spacial score (nSPS) is 12.3. The van der Waals surface area contributed by atoms with Gasteiger partial charge in [-0.25, -0.2) is 4.79 Å². The number of carbonyl (C=O) groups excluding carboxylic acids is 1. The molecular formula is C10H20N2O3. The molecule has 0 aliphatic rings. The molecule has 0 bridgehead atoms. The number of aliphatic carboxylic acids is 1. The van der Waals surface area contributed by atoms with Crippen LogP contribution >= 0.6 is 0 Å². The van der Waals surface area contributed by atoms with Gasteiger partial charge in [0, 0.05) is 5.54 Å². The molecule has 0 heterocycles. The maximum absolute atomic E-state index is 11.4. The van der Waals surface area contributed by atoms with Crippen molar-refractivity contribution in [3.63, 3.8) is 0 Å². The predicted octanol–water partition coefficient (Wildman–Crippen LogP) is 0.354. The van der Waals surface area contributed by atoms with Crippen LogP contribution in [0.25, 0.3) is 0 Å². The zero-order valence-electron chi connectivity index (χ0n) is 9.97. The van der Waals surface area contributed by atoms with Gasteiger partial charge in [0.1, 0.15) is 5.54 Å². The van der Waals surface area contributed by atoms with Crippen molar-refractivity contribution in [1.29, 1.82) is 0 Å². The van der Waals surface area contributed by atoms with E-state index in [1.807, 2.05) is 20.8 Å². The third-order valence-corrected chi connectivity index (χ3v) is 1.77. The SMILES string of the molecule is CC(C)(C)NCC(=O)NC(C)(C)C(=O)O. The largest absolute Gasteiger partial charge is 0.480 e. The predicted molar refractivity (Wildman–Crippen MR) is 57.6 cm³/mol. The van der Waals surface area contributed by atoms with E-state index in [0.29, 0.717) is 0 Å². The Labute approximate surface area is 90.2 Å². The first-order valence-electron chi connectivity index (χ1n) is 4.84. The molecule has 0 atom stereocenters. The summed E-state index contributed by atoms with van der Waals surface area (Å²) < 4.78 is 0. The molecule has 0 aliphatic carbocycles. The fourth-order valence-electron chi connectivity index (χ4n) is 0.792. The van der Waals surface area contributed by atoms with Gasteiger partial charge >= 0.3 is 5.97 Å². The Kier molecular flexibility index (Phi) is 4.27. The highest BCUT2D eigenvalue weighted by molar-refractivity contribution is 5.87. The van der Waals surface area contributed by atoms with E-state index in [0.717, 1.165) is 0 Å². The smallest absolute Gasteiger partial charge is 0.328 e. The van der Waals surface area contributed by atoms with Crippen LogP contribution in [0.2, 0.25) is 0 Å². The molecule has 1 amide bonds. The second kappa shape index (κ2) is 4.61. The lowest BCUT2D eigenvalue weighted by Gasteiger charge is -2.24. The average molecular weight is 216 g/mol. The maximum atomic E-state index is 11.4. The molecule has 0 aliphatic heterocycles. The van der Waals surface area contributed by atoms with Crippen LogP contribution in [-0.2, 0) is 9.59 Å². The molecule has 0 aromatic heterocycles. The molecule has 0 saturated heterocycles. The standard InChI is InChI=1S/C10H20N2O3/c1-9(2,3)11-6-7(13)12-10(4,5)8(14)15/h11H,6H2,1-5H3,(H,12,13)(H,14,15). The van der Waals surface area contributed by atoms with Gasteiger partial charge in [-0.15, -0.1) is 0 Å². The number of hydrogen-bond donors (Lipinski definition) is 3. The Morgan fingerprint density at radius 2 is 1.60 bits per heavy atom. The molecule has 0 radical (unpaired) electrons. The van der Waals surface area contributed by atoms with Gasteiger partial charge in [0.2, 0.25) is 5.91 Å². The van der Waals surface area contributed by atoms with E-state index in [1.165, 1.54) is 13.8 Å². The van der Waals surface area contributed by atoms with Gasteiger partial charge < -0.3 is 15.7 Å². The first kappa shape index (κ1) is 13.9. The number of nitrogens with one attached hydrogen (secondary N) is 2. The lowest BCUT2D eigenvalue weighted by Crippen LogP contribution is -2.53. The molecular weight excluding hydrogens is 196 g/mol. The van der Waals surface area contributed by atoms with Crippen LogP contribution in [0.4, 0.5) is 0 Å². The summed E-state index contributed by atoms with van der Waals surface area (Å²) in [6.45, 7) is 8.81. The van der Waals surface area contributed by atoms with Gasteiger partial charge in [0.05, 0.1) is 6.54 Å². The van der Waals surface area contributed by atoms with E-state index in [1.54, 1.807) is 0 Å². The summed E-state index contributed by atoms with van der Waals surface area (Å²) in [5, 5.41) is 14.2. The summed E-state index contributed by atoms with van der Waals surface area (Å²) in [4.78, 5) is 22.1.